The standard InChI is InChI=1S/C11H15BrClN3O/c12-10-7-9(13)8-14-11(10)16-3-1-15(2-4-16)5-6-17/h7-8,17H,1-6H2. The van der Waals surface area contributed by atoms with Gasteiger partial charge in [0.2, 0.25) is 0 Å². The Morgan fingerprint density at radius 3 is 2.65 bits per heavy atom. The van der Waals surface area contributed by atoms with Crippen molar-refractivity contribution in [3.05, 3.63) is 21.8 Å². The molecule has 1 aliphatic rings. The number of hydrogen-bond donors (Lipinski definition) is 1. The maximum absolute atomic E-state index is 8.89. The summed E-state index contributed by atoms with van der Waals surface area (Å²) in [6, 6.07) is 1.87. The van der Waals surface area contributed by atoms with Crippen LogP contribution in [0, 0.1) is 0 Å². The number of anilines is 1. The average Bonchev–Trinajstić information content (AvgIpc) is 2.31. The van der Waals surface area contributed by atoms with Gasteiger partial charge in [0.05, 0.1) is 16.1 Å². The molecule has 0 saturated carbocycles. The Labute approximate surface area is 114 Å². The third kappa shape index (κ3) is 3.31. The lowest BCUT2D eigenvalue weighted by Crippen LogP contribution is -2.47. The molecule has 0 amide bonds. The van der Waals surface area contributed by atoms with E-state index in [1.807, 2.05) is 6.07 Å². The quantitative estimate of drug-likeness (QED) is 0.918. The molecule has 1 aromatic rings. The number of piperazine rings is 1. The summed E-state index contributed by atoms with van der Waals surface area (Å²) in [7, 11) is 0. The van der Waals surface area contributed by atoms with Crippen molar-refractivity contribution in [3.8, 4) is 0 Å². The van der Waals surface area contributed by atoms with E-state index in [2.05, 4.69) is 30.7 Å². The van der Waals surface area contributed by atoms with Crippen molar-refractivity contribution >= 4 is 33.3 Å². The molecule has 6 heteroatoms. The Morgan fingerprint density at radius 1 is 1.35 bits per heavy atom. The van der Waals surface area contributed by atoms with Gasteiger partial charge in [0, 0.05) is 38.9 Å². The summed E-state index contributed by atoms with van der Waals surface area (Å²) in [5, 5.41) is 9.52. The zero-order valence-electron chi connectivity index (χ0n) is 9.44. The number of halogens is 2. The van der Waals surface area contributed by atoms with Crippen LogP contribution in [-0.2, 0) is 0 Å². The van der Waals surface area contributed by atoms with E-state index in [9.17, 15) is 0 Å². The van der Waals surface area contributed by atoms with Crippen molar-refractivity contribution in [1.82, 2.24) is 9.88 Å². The van der Waals surface area contributed by atoms with Crippen molar-refractivity contribution < 1.29 is 5.11 Å². The Hall–Kier alpha value is -0.360. The summed E-state index contributed by atoms with van der Waals surface area (Å²) in [6.45, 7) is 4.74. The predicted molar refractivity (Wildman–Crippen MR) is 72.7 cm³/mol. The number of rotatable bonds is 3. The van der Waals surface area contributed by atoms with Crippen LogP contribution in [0.4, 0.5) is 5.82 Å². The number of nitrogens with zero attached hydrogens (tertiary/aromatic N) is 3. The maximum atomic E-state index is 8.89. The molecule has 0 spiro atoms. The fourth-order valence-corrected chi connectivity index (χ4v) is 2.85. The highest BCUT2D eigenvalue weighted by atomic mass is 79.9. The zero-order chi connectivity index (χ0) is 12.3. The normalized spacial score (nSPS) is 17.5. The summed E-state index contributed by atoms with van der Waals surface area (Å²) in [4.78, 5) is 8.83. The van der Waals surface area contributed by atoms with Gasteiger partial charge in [0.1, 0.15) is 5.82 Å². The average molecular weight is 321 g/mol. The van der Waals surface area contributed by atoms with Crippen molar-refractivity contribution in [1.29, 1.82) is 0 Å². The first kappa shape index (κ1) is 13.1. The fourth-order valence-electron chi connectivity index (χ4n) is 1.96. The summed E-state index contributed by atoms with van der Waals surface area (Å²) < 4.78 is 0.931. The molecule has 0 bridgehead atoms. The third-order valence-corrected chi connectivity index (χ3v) is 3.67. The topological polar surface area (TPSA) is 39.6 Å². The highest BCUT2D eigenvalue weighted by Gasteiger charge is 2.19. The van der Waals surface area contributed by atoms with E-state index in [4.69, 9.17) is 16.7 Å². The van der Waals surface area contributed by atoms with Gasteiger partial charge in [-0.15, -0.1) is 0 Å². The molecular weight excluding hydrogens is 305 g/mol. The van der Waals surface area contributed by atoms with Crippen molar-refractivity contribution in [2.45, 2.75) is 0 Å². The zero-order valence-corrected chi connectivity index (χ0v) is 11.8. The van der Waals surface area contributed by atoms with E-state index < -0.39 is 0 Å². The van der Waals surface area contributed by atoms with E-state index in [1.54, 1.807) is 6.20 Å². The molecule has 1 saturated heterocycles. The summed E-state index contributed by atoms with van der Waals surface area (Å²) >= 11 is 9.36. The number of pyridine rings is 1. The van der Waals surface area contributed by atoms with Gasteiger partial charge in [-0.1, -0.05) is 11.6 Å². The number of aliphatic hydroxyl groups excluding tert-OH is 1. The minimum absolute atomic E-state index is 0.225. The Bertz CT molecular complexity index is 383. The lowest BCUT2D eigenvalue weighted by Gasteiger charge is -2.35. The van der Waals surface area contributed by atoms with Crippen molar-refractivity contribution in [2.75, 3.05) is 44.2 Å². The smallest absolute Gasteiger partial charge is 0.143 e. The Balaban J connectivity index is 2.00. The van der Waals surface area contributed by atoms with Gasteiger partial charge in [0.25, 0.3) is 0 Å². The second-order valence-electron chi connectivity index (χ2n) is 4.01. The largest absolute Gasteiger partial charge is 0.395 e. The third-order valence-electron chi connectivity index (χ3n) is 2.88. The molecule has 2 heterocycles. The Kier molecular flexibility index (Phi) is 4.62. The first-order chi connectivity index (χ1) is 8.20. The van der Waals surface area contributed by atoms with E-state index >= 15 is 0 Å². The van der Waals surface area contributed by atoms with Crippen LogP contribution in [0.1, 0.15) is 0 Å². The van der Waals surface area contributed by atoms with Crippen LogP contribution < -0.4 is 4.90 Å². The van der Waals surface area contributed by atoms with Crippen LogP contribution in [0.3, 0.4) is 0 Å². The molecule has 0 unspecified atom stereocenters. The highest BCUT2D eigenvalue weighted by Crippen LogP contribution is 2.27. The van der Waals surface area contributed by atoms with Crippen LogP contribution in [-0.4, -0.2) is 54.3 Å². The number of aliphatic hydroxyl groups is 1. The van der Waals surface area contributed by atoms with Gasteiger partial charge in [-0.3, -0.25) is 4.90 Å². The van der Waals surface area contributed by atoms with E-state index in [1.165, 1.54) is 0 Å². The first-order valence-electron chi connectivity index (χ1n) is 5.60. The molecule has 1 N–H and O–H groups in total. The van der Waals surface area contributed by atoms with Crippen LogP contribution in [0.2, 0.25) is 5.02 Å². The molecule has 0 aliphatic carbocycles. The monoisotopic (exact) mass is 319 g/mol. The number of aromatic nitrogens is 1. The molecule has 1 fully saturated rings. The fraction of sp³-hybridized carbons (Fsp3) is 0.545. The lowest BCUT2D eigenvalue weighted by molar-refractivity contribution is 0.188. The number of β-amino-alcohol motifs (C(OH)–C–C–N with tert-alkyl or cyclic N) is 1. The van der Waals surface area contributed by atoms with Crippen molar-refractivity contribution in [2.24, 2.45) is 0 Å². The first-order valence-corrected chi connectivity index (χ1v) is 6.77. The lowest BCUT2D eigenvalue weighted by atomic mass is 10.3. The van der Waals surface area contributed by atoms with Crippen LogP contribution >= 0.6 is 27.5 Å². The van der Waals surface area contributed by atoms with E-state index in [0.717, 1.165) is 43.0 Å². The molecule has 1 aliphatic heterocycles. The molecular formula is C11H15BrClN3O. The predicted octanol–water partition coefficient (Wildman–Crippen LogP) is 1.61. The molecule has 94 valence electrons. The second kappa shape index (κ2) is 6.00. The summed E-state index contributed by atoms with van der Waals surface area (Å²) in [5.41, 5.74) is 0. The summed E-state index contributed by atoms with van der Waals surface area (Å²) in [6.07, 6.45) is 1.67. The molecule has 17 heavy (non-hydrogen) atoms. The highest BCUT2D eigenvalue weighted by molar-refractivity contribution is 9.10. The van der Waals surface area contributed by atoms with E-state index in [-0.39, 0.29) is 6.61 Å². The molecule has 2 rings (SSSR count). The second-order valence-corrected chi connectivity index (χ2v) is 5.30. The van der Waals surface area contributed by atoms with Gasteiger partial charge in [-0.2, -0.15) is 0 Å². The van der Waals surface area contributed by atoms with Crippen molar-refractivity contribution in [3.63, 3.8) is 0 Å². The van der Waals surface area contributed by atoms with Gasteiger partial charge in [-0.05, 0) is 22.0 Å². The van der Waals surface area contributed by atoms with Crippen LogP contribution in [0.25, 0.3) is 0 Å². The van der Waals surface area contributed by atoms with E-state index in [0.29, 0.717) is 5.02 Å². The molecule has 0 aromatic carbocycles. The maximum Gasteiger partial charge on any atom is 0.143 e. The van der Waals surface area contributed by atoms with Crippen LogP contribution in [0.5, 0.6) is 0 Å². The summed E-state index contributed by atoms with van der Waals surface area (Å²) in [5.74, 6) is 0.943. The Morgan fingerprint density at radius 2 is 2.06 bits per heavy atom. The molecule has 4 nitrogen and oxygen atoms in total. The molecule has 1 aromatic heterocycles. The van der Waals surface area contributed by atoms with Gasteiger partial charge in [0.15, 0.2) is 0 Å². The van der Waals surface area contributed by atoms with Gasteiger partial charge in [-0.25, -0.2) is 4.98 Å². The number of hydrogen-bond acceptors (Lipinski definition) is 4. The van der Waals surface area contributed by atoms with Gasteiger partial charge >= 0.3 is 0 Å². The molecule has 0 radical (unpaired) electrons. The minimum atomic E-state index is 0.225. The van der Waals surface area contributed by atoms with Crippen LogP contribution in [0.15, 0.2) is 16.7 Å². The van der Waals surface area contributed by atoms with Gasteiger partial charge < -0.3 is 10.0 Å². The SMILES string of the molecule is OCCN1CCN(c2ncc(Cl)cc2Br)CC1. The molecule has 0 atom stereocenters. The minimum Gasteiger partial charge on any atom is -0.395 e.